The average Bonchev–Trinajstić information content (AvgIpc) is 3.29. The molecule has 4 aromatic rings. The molecule has 0 fully saturated rings. The number of benzene rings is 3. The number of hydrogen-bond donors (Lipinski definition) is 2. The van der Waals surface area contributed by atoms with Crippen LogP contribution >= 0.6 is 0 Å². The Labute approximate surface area is 184 Å². The maximum absolute atomic E-state index is 12.8. The van der Waals surface area contributed by atoms with Crippen LogP contribution in [0.5, 0.6) is 0 Å². The maximum atomic E-state index is 12.8. The minimum Gasteiger partial charge on any atom is -0.478 e. The number of carboxylic acids is 2. The monoisotopic (exact) mass is 453 g/mol. The molecule has 33 heavy (non-hydrogen) atoms. The fourth-order valence-electron chi connectivity index (χ4n) is 3.19. The van der Waals surface area contributed by atoms with Gasteiger partial charge in [-0.05, 0) is 53.6 Å². The predicted molar refractivity (Wildman–Crippen MR) is 111 cm³/mol. The molecule has 3 aromatic carbocycles. The third-order valence-corrected chi connectivity index (χ3v) is 4.90. The number of aromatic carboxylic acids is 2. The molecular formula is C23H14F3N3O4. The van der Waals surface area contributed by atoms with E-state index in [0.29, 0.717) is 28.1 Å². The van der Waals surface area contributed by atoms with Crippen LogP contribution < -0.4 is 0 Å². The fourth-order valence-corrected chi connectivity index (χ4v) is 3.19. The molecule has 4 rings (SSSR count). The summed E-state index contributed by atoms with van der Waals surface area (Å²) in [5, 5.41) is 26.5. The van der Waals surface area contributed by atoms with Gasteiger partial charge in [0, 0.05) is 5.56 Å². The Balaban J connectivity index is 1.71. The van der Waals surface area contributed by atoms with Gasteiger partial charge in [0.25, 0.3) is 0 Å². The van der Waals surface area contributed by atoms with Crippen LogP contribution in [0.3, 0.4) is 0 Å². The van der Waals surface area contributed by atoms with Crippen molar-refractivity contribution in [1.29, 1.82) is 0 Å². The highest BCUT2D eigenvalue weighted by Gasteiger charge is 2.30. The molecule has 0 spiro atoms. The van der Waals surface area contributed by atoms with E-state index >= 15 is 0 Å². The van der Waals surface area contributed by atoms with Crippen molar-refractivity contribution in [3.8, 4) is 28.1 Å². The molecule has 0 radical (unpaired) electrons. The minimum absolute atomic E-state index is 0.0311. The largest absolute Gasteiger partial charge is 0.478 e. The van der Waals surface area contributed by atoms with Crippen molar-refractivity contribution in [2.24, 2.45) is 0 Å². The minimum atomic E-state index is -4.45. The number of alkyl halides is 3. The van der Waals surface area contributed by atoms with Gasteiger partial charge < -0.3 is 10.2 Å². The number of halogens is 3. The molecule has 7 nitrogen and oxygen atoms in total. The van der Waals surface area contributed by atoms with Crippen molar-refractivity contribution in [2.75, 3.05) is 0 Å². The number of hydrogen-bond acceptors (Lipinski definition) is 4. The van der Waals surface area contributed by atoms with Crippen LogP contribution in [-0.4, -0.2) is 37.1 Å². The molecule has 0 saturated carbocycles. The van der Waals surface area contributed by atoms with Crippen LogP contribution in [-0.2, 0) is 6.18 Å². The topological polar surface area (TPSA) is 105 Å². The SMILES string of the molecule is O=C(O)c1ccc(-c2cc(C(=O)O)cc(-n3cc(-c4ccc(C(F)(F)F)cc4)nn3)c2)cc1. The summed E-state index contributed by atoms with van der Waals surface area (Å²) in [7, 11) is 0. The molecule has 10 heteroatoms. The number of aromatic nitrogens is 3. The maximum Gasteiger partial charge on any atom is 0.416 e. The Bertz CT molecular complexity index is 1340. The van der Waals surface area contributed by atoms with Crippen LogP contribution in [0.1, 0.15) is 26.3 Å². The van der Waals surface area contributed by atoms with Gasteiger partial charge in [0.2, 0.25) is 0 Å². The fraction of sp³-hybridized carbons (Fsp3) is 0.0435. The smallest absolute Gasteiger partial charge is 0.416 e. The Kier molecular flexibility index (Phi) is 5.42. The van der Waals surface area contributed by atoms with Gasteiger partial charge in [0.15, 0.2) is 0 Å². The van der Waals surface area contributed by atoms with E-state index in [4.69, 9.17) is 5.11 Å². The van der Waals surface area contributed by atoms with E-state index < -0.39 is 23.7 Å². The zero-order chi connectivity index (χ0) is 23.8. The van der Waals surface area contributed by atoms with E-state index in [-0.39, 0.29) is 11.1 Å². The first-order valence-electron chi connectivity index (χ1n) is 9.44. The first-order valence-corrected chi connectivity index (χ1v) is 9.44. The van der Waals surface area contributed by atoms with Gasteiger partial charge in [-0.1, -0.05) is 29.5 Å². The van der Waals surface area contributed by atoms with Crippen molar-refractivity contribution in [3.63, 3.8) is 0 Å². The molecule has 0 aliphatic rings. The van der Waals surface area contributed by atoms with Gasteiger partial charge in [-0.25, -0.2) is 14.3 Å². The van der Waals surface area contributed by atoms with Crippen molar-refractivity contribution < 1.29 is 33.0 Å². The quantitative estimate of drug-likeness (QED) is 0.440. The van der Waals surface area contributed by atoms with E-state index in [1.807, 2.05) is 0 Å². The second-order valence-electron chi connectivity index (χ2n) is 7.08. The molecule has 166 valence electrons. The van der Waals surface area contributed by atoms with E-state index in [9.17, 15) is 27.9 Å². The van der Waals surface area contributed by atoms with E-state index in [2.05, 4.69) is 10.3 Å². The zero-order valence-electron chi connectivity index (χ0n) is 16.6. The molecule has 0 amide bonds. The van der Waals surface area contributed by atoms with Gasteiger partial charge in [-0.15, -0.1) is 5.10 Å². The van der Waals surface area contributed by atoms with Crippen molar-refractivity contribution in [3.05, 3.63) is 89.6 Å². The summed E-state index contributed by atoms with van der Waals surface area (Å²) in [6.07, 6.45) is -2.98. The molecule has 1 aromatic heterocycles. The summed E-state index contributed by atoms with van der Waals surface area (Å²) in [6, 6.07) is 14.8. The highest BCUT2D eigenvalue weighted by Crippen LogP contribution is 2.31. The third-order valence-electron chi connectivity index (χ3n) is 4.90. The van der Waals surface area contributed by atoms with Crippen LogP contribution in [0.2, 0.25) is 0 Å². The van der Waals surface area contributed by atoms with E-state index in [0.717, 1.165) is 12.1 Å². The van der Waals surface area contributed by atoms with E-state index in [1.165, 1.54) is 47.3 Å². The molecule has 0 aliphatic heterocycles. The second-order valence-corrected chi connectivity index (χ2v) is 7.08. The summed E-state index contributed by atoms with van der Waals surface area (Å²) in [5.74, 6) is -2.26. The summed E-state index contributed by atoms with van der Waals surface area (Å²) < 4.78 is 39.7. The Morgan fingerprint density at radius 3 is 1.94 bits per heavy atom. The number of nitrogens with zero attached hydrogens (tertiary/aromatic N) is 3. The molecule has 0 aliphatic carbocycles. The van der Waals surface area contributed by atoms with Crippen LogP contribution in [0.4, 0.5) is 13.2 Å². The average molecular weight is 453 g/mol. The molecule has 0 unspecified atom stereocenters. The van der Waals surface area contributed by atoms with Gasteiger partial charge in [0.1, 0.15) is 5.69 Å². The number of carboxylic acid groups (broad SMARTS) is 2. The van der Waals surface area contributed by atoms with Gasteiger partial charge in [-0.2, -0.15) is 13.2 Å². The molecule has 0 atom stereocenters. The number of carbonyl (C=O) groups is 2. The summed E-state index contributed by atoms with van der Waals surface area (Å²) in [6.45, 7) is 0. The predicted octanol–water partition coefficient (Wildman–Crippen LogP) is 5.02. The second kappa shape index (κ2) is 8.23. The Morgan fingerprint density at radius 1 is 0.758 bits per heavy atom. The van der Waals surface area contributed by atoms with Gasteiger partial charge in [-0.3, -0.25) is 0 Å². The summed E-state index contributed by atoms with van der Waals surface area (Å²) >= 11 is 0. The molecule has 0 saturated heterocycles. The highest BCUT2D eigenvalue weighted by molar-refractivity contribution is 5.91. The number of rotatable bonds is 5. The van der Waals surface area contributed by atoms with Crippen molar-refractivity contribution in [1.82, 2.24) is 15.0 Å². The summed E-state index contributed by atoms with van der Waals surface area (Å²) in [4.78, 5) is 22.7. The van der Waals surface area contributed by atoms with Crippen LogP contribution in [0.25, 0.3) is 28.1 Å². The molecule has 0 bridgehead atoms. The van der Waals surface area contributed by atoms with Crippen LogP contribution in [0, 0.1) is 0 Å². The zero-order valence-corrected chi connectivity index (χ0v) is 16.6. The van der Waals surface area contributed by atoms with Crippen LogP contribution in [0.15, 0.2) is 72.9 Å². The first kappa shape index (κ1) is 21.8. The van der Waals surface area contributed by atoms with Crippen molar-refractivity contribution >= 4 is 11.9 Å². The van der Waals surface area contributed by atoms with Crippen molar-refractivity contribution in [2.45, 2.75) is 6.18 Å². The van der Waals surface area contributed by atoms with Gasteiger partial charge >= 0.3 is 18.1 Å². The third kappa shape index (κ3) is 4.59. The summed E-state index contributed by atoms with van der Waals surface area (Å²) in [5.41, 5.74) is 1.44. The first-order chi connectivity index (χ1) is 15.6. The Morgan fingerprint density at radius 2 is 1.36 bits per heavy atom. The van der Waals surface area contributed by atoms with Gasteiger partial charge in [0.05, 0.1) is 28.6 Å². The van der Waals surface area contributed by atoms with E-state index in [1.54, 1.807) is 18.2 Å². The lowest BCUT2D eigenvalue weighted by Gasteiger charge is -2.08. The lowest BCUT2D eigenvalue weighted by Crippen LogP contribution is -2.03. The molecule has 2 N–H and O–H groups in total. The lowest BCUT2D eigenvalue weighted by molar-refractivity contribution is -0.137. The Hall–Kier alpha value is -4.47. The lowest BCUT2D eigenvalue weighted by atomic mass is 10.0. The normalized spacial score (nSPS) is 11.4. The highest BCUT2D eigenvalue weighted by atomic mass is 19.4. The standard InChI is InChI=1S/C23H14F3N3O4/c24-23(25,26)18-7-5-14(6-8-18)20-12-29(28-27-20)19-10-16(9-17(11-19)22(32)33)13-1-3-15(4-2-13)21(30)31/h1-12H,(H,30,31)(H,32,33). The molecule has 1 heterocycles. The molecular weight excluding hydrogens is 439 g/mol.